The molecule has 2 aromatic carbocycles. The fourth-order valence-corrected chi connectivity index (χ4v) is 3.46. The van der Waals surface area contributed by atoms with Crippen molar-refractivity contribution in [3.63, 3.8) is 0 Å². The Morgan fingerprint density at radius 1 is 1.00 bits per heavy atom. The zero-order valence-corrected chi connectivity index (χ0v) is 20.6. The van der Waals surface area contributed by atoms with Crippen molar-refractivity contribution in [2.75, 3.05) is 20.8 Å². The number of amides is 2. The lowest BCUT2D eigenvalue weighted by Gasteiger charge is -2.31. The highest BCUT2D eigenvalue weighted by atomic mass is 35.5. The van der Waals surface area contributed by atoms with E-state index in [1.54, 1.807) is 24.3 Å². The largest absolute Gasteiger partial charge is 0.496 e. The molecule has 2 amide bonds. The fraction of sp³-hybridized carbons (Fsp3) is 0.440. The molecule has 2 atom stereocenters. The molecule has 0 aromatic heterocycles. The predicted octanol–water partition coefficient (Wildman–Crippen LogP) is 4.46. The Morgan fingerprint density at radius 2 is 1.61 bits per heavy atom. The van der Waals surface area contributed by atoms with E-state index in [2.05, 4.69) is 5.32 Å². The second-order valence-corrected chi connectivity index (χ2v) is 8.10. The predicted molar refractivity (Wildman–Crippen MR) is 129 cm³/mol. The van der Waals surface area contributed by atoms with Crippen LogP contribution in [0, 0.1) is 0 Å². The summed E-state index contributed by atoms with van der Waals surface area (Å²) >= 11 is 6.35. The van der Waals surface area contributed by atoms with E-state index in [0.29, 0.717) is 28.7 Å². The number of carbonyl (C=O) groups excluding carboxylic acids is 2. The van der Waals surface area contributed by atoms with E-state index >= 15 is 0 Å². The molecule has 8 heteroatoms. The second-order valence-electron chi connectivity index (χ2n) is 7.69. The first-order valence-electron chi connectivity index (χ1n) is 11.0. The number of ether oxygens (including phenoxy) is 3. The smallest absolute Gasteiger partial charge is 0.261 e. The zero-order chi connectivity index (χ0) is 24.4. The minimum Gasteiger partial charge on any atom is -0.496 e. The third-order valence-corrected chi connectivity index (χ3v) is 5.74. The van der Waals surface area contributed by atoms with Crippen LogP contribution in [0.25, 0.3) is 0 Å². The molecule has 0 unspecified atom stereocenters. The average Bonchev–Trinajstić information content (AvgIpc) is 2.83. The average molecular weight is 477 g/mol. The third-order valence-electron chi connectivity index (χ3n) is 5.37. The van der Waals surface area contributed by atoms with Crippen molar-refractivity contribution in [2.45, 2.75) is 52.2 Å². The molecule has 0 aliphatic heterocycles. The van der Waals surface area contributed by atoms with Crippen molar-refractivity contribution in [1.29, 1.82) is 0 Å². The molecule has 0 aliphatic rings. The lowest BCUT2D eigenvalue weighted by Crippen LogP contribution is -2.51. The number of halogens is 1. The van der Waals surface area contributed by atoms with Gasteiger partial charge in [0.05, 0.1) is 14.2 Å². The molecule has 180 valence electrons. The van der Waals surface area contributed by atoms with Gasteiger partial charge in [-0.2, -0.15) is 0 Å². The summed E-state index contributed by atoms with van der Waals surface area (Å²) in [5, 5.41) is 3.51. The number of nitrogens with zero attached hydrogens (tertiary/aromatic N) is 1. The first-order chi connectivity index (χ1) is 15.8. The van der Waals surface area contributed by atoms with Crippen LogP contribution in [-0.4, -0.2) is 49.6 Å². The van der Waals surface area contributed by atoms with Gasteiger partial charge in [0.2, 0.25) is 5.91 Å². The summed E-state index contributed by atoms with van der Waals surface area (Å²) in [4.78, 5) is 27.8. The van der Waals surface area contributed by atoms with Gasteiger partial charge >= 0.3 is 0 Å². The normalized spacial score (nSPS) is 12.4. The van der Waals surface area contributed by atoms with Gasteiger partial charge in [-0.3, -0.25) is 9.59 Å². The molecule has 0 spiro atoms. The minimum atomic E-state index is -0.661. The summed E-state index contributed by atoms with van der Waals surface area (Å²) in [6, 6.07) is 11.7. The van der Waals surface area contributed by atoms with Crippen LogP contribution in [0.5, 0.6) is 17.2 Å². The fourth-order valence-electron chi connectivity index (χ4n) is 3.26. The summed E-state index contributed by atoms with van der Waals surface area (Å²) in [6.07, 6.45) is 1.24. The van der Waals surface area contributed by atoms with E-state index in [0.717, 1.165) is 12.0 Å². The first kappa shape index (κ1) is 26.3. The summed E-state index contributed by atoms with van der Waals surface area (Å²) in [5.41, 5.74) is 0.755. The SMILES string of the molecule is CC[C@H](C(=O)N[C@@H](C)CC)N(Cc1ccccc1Cl)C(=O)COc1cc(OC)cc(OC)c1. The summed E-state index contributed by atoms with van der Waals surface area (Å²) < 4.78 is 16.3. The van der Waals surface area contributed by atoms with Crippen LogP contribution in [0.2, 0.25) is 5.02 Å². The van der Waals surface area contributed by atoms with E-state index in [1.165, 1.54) is 19.1 Å². The van der Waals surface area contributed by atoms with Crippen molar-refractivity contribution >= 4 is 23.4 Å². The molecule has 0 radical (unpaired) electrons. The molecule has 0 saturated heterocycles. The lowest BCUT2D eigenvalue weighted by molar-refractivity contribution is -0.143. The van der Waals surface area contributed by atoms with Gasteiger partial charge in [-0.25, -0.2) is 0 Å². The Hall–Kier alpha value is -2.93. The Bertz CT molecular complexity index is 915. The summed E-state index contributed by atoms with van der Waals surface area (Å²) in [6.45, 7) is 5.74. The number of carbonyl (C=O) groups is 2. The van der Waals surface area contributed by atoms with E-state index in [4.69, 9.17) is 25.8 Å². The van der Waals surface area contributed by atoms with Gasteiger partial charge in [0.25, 0.3) is 5.91 Å². The van der Waals surface area contributed by atoms with Crippen LogP contribution in [0.15, 0.2) is 42.5 Å². The Balaban J connectivity index is 2.27. The molecule has 33 heavy (non-hydrogen) atoms. The van der Waals surface area contributed by atoms with Crippen molar-refractivity contribution in [2.24, 2.45) is 0 Å². The molecule has 7 nitrogen and oxygen atoms in total. The topological polar surface area (TPSA) is 77.1 Å². The van der Waals surface area contributed by atoms with Gasteiger partial charge in [0, 0.05) is 35.8 Å². The second kappa shape index (κ2) is 12.9. The van der Waals surface area contributed by atoms with Crippen LogP contribution >= 0.6 is 11.6 Å². The number of hydrogen-bond acceptors (Lipinski definition) is 5. The number of methoxy groups -OCH3 is 2. The summed E-state index contributed by atoms with van der Waals surface area (Å²) in [7, 11) is 3.08. The molecule has 0 aliphatic carbocycles. The molecule has 0 saturated carbocycles. The number of benzene rings is 2. The summed E-state index contributed by atoms with van der Waals surface area (Å²) in [5.74, 6) is 0.987. The standard InChI is InChI=1S/C25H33ClN2O5/c1-6-17(3)27-25(30)23(7-2)28(15-18-10-8-9-11-22(18)26)24(29)16-33-21-13-19(31-4)12-20(14-21)32-5/h8-14,17,23H,6-7,15-16H2,1-5H3,(H,27,30)/t17-,23+/m0/s1. The molecule has 0 bridgehead atoms. The van der Waals surface area contributed by atoms with E-state index in [-0.39, 0.29) is 31.0 Å². The molecule has 1 N–H and O–H groups in total. The highest BCUT2D eigenvalue weighted by molar-refractivity contribution is 6.31. The molecule has 0 heterocycles. The van der Waals surface area contributed by atoms with Crippen molar-refractivity contribution in [3.05, 3.63) is 53.1 Å². The van der Waals surface area contributed by atoms with Gasteiger partial charge in [-0.1, -0.05) is 43.6 Å². The van der Waals surface area contributed by atoms with Crippen molar-refractivity contribution in [1.82, 2.24) is 10.2 Å². The number of rotatable bonds is 12. The highest BCUT2D eigenvalue weighted by Crippen LogP contribution is 2.27. The van der Waals surface area contributed by atoms with Gasteiger partial charge in [-0.05, 0) is 31.4 Å². The zero-order valence-electron chi connectivity index (χ0n) is 19.9. The third kappa shape index (κ3) is 7.56. The van der Waals surface area contributed by atoms with E-state index < -0.39 is 6.04 Å². The van der Waals surface area contributed by atoms with Gasteiger partial charge < -0.3 is 24.4 Å². The lowest BCUT2D eigenvalue weighted by atomic mass is 10.1. The maximum Gasteiger partial charge on any atom is 0.261 e. The molecule has 2 aromatic rings. The molecular formula is C25H33ClN2O5. The quantitative estimate of drug-likeness (QED) is 0.489. The van der Waals surface area contributed by atoms with Crippen molar-refractivity contribution in [3.8, 4) is 17.2 Å². The maximum absolute atomic E-state index is 13.3. The number of hydrogen-bond donors (Lipinski definition) is 1. The monoisotopic (exact) mass is 476 g/mol. The molecule has 0 fully saturated rings. The van der Waals surface area contributed by atoms with Gasteiger partial charge in [0.15, 0.2) is 6.61 Å². The van der Waals surface area contributed by atoms with Crippen LogP contribution in [-0.2, 0) is 16.1 Å². The minimum absolute atomic E-state index is 0.00399. The van der Waals surface area contributed by atoms with Crippen LogP contribution in [0.3, 0.4) is 0 Å². The number of nitrogens with one attached hydrogen (secondary N) is 1. The van der Waals surface area contributed by atoms with Crippen LogP contribution in [0.4, 0.5) is 0 Å². The Morgan fingerprint density at radius 3 is 2.15 bits per heavy atom. The molecular weight excluding hydrogens is 444 g/mol. The van der Waals surface area contributed by atoms with Gasteiger partial charge in [-0.15, -0.1) is 0 Å². The molecule has 2 rings (SSSR count). The Labute approximate surface area is 201 Å². The van der Waals surface area contributed by atoms with Gasteiger partial charge in [0.1, 0.15) is 23.3 Å². The first-order valence-corrected chi connectivity index (χ1v) is 11.4. The maximum atomic E-state index is 13.3. The van der Waals surface area contributed by atoms with Crippen LogP contribution in [0.1, 0.15) is 39.2 Å². The van der Waals surface area contributed by atoms with E-state index in [9.17, 15) is 9.59 Å². The van der Waals surface area contributed by atoms with Crippen molar-refractivity contribution < 1.29 is 23.8 Å². The Kier molecular flexibility index (Phi) is 10.3. The highest BCUT2D eigenvalue weighted by Gasteiger charge is 2.30. The van der Waals surface area contributed by atoms with Crippen LogP contribution < -0.4 is 19.5 Å². The van der Waals surface area contributed by atoms with E-state index in [1.807, 2.05) is 39.0 Å².